The molecule has 3 heteroatoms. The molecule has 1 saturated carbocycles. The van der Waals surface area contributed by atoms with Crippen LogP contribution in [0, 0.1) is 5.82 Å². The van der Waals surface area contributed by atoms with Crippen molar-refractivity contribution in [2.24, 2.45) is 0 Å². The normalized spacial score (nSPS) is 20.6. The Labute approximate surface area is 122 Å². The Morgan fingerprint density at radius 1 is 1.15 bits per heavy atom. The van der Waals surface area contributed by atoms with Crippen molar-refractivity contribution in [2.75, 3.05) is 21.1 Å². The second-order valence-corrected chi connectivity index (χ2v) is 6.19. The molecule has 1 aromatic carbocycles. The molecular weight excluding hydrogens is 251 g/mol. The zero-order chi connectivity index (χ0) is 14.6. The third-order valence-corrected chi connectivity index (χ3v) is 4.87. The summed E-state index contributed by atoms with van der Waals surface area (Å²) in [4.78, 5) is 2.35. The van der Waals surface area contributed by atoms with Crippen LogP contribution in [0.5, 0.6) is 0 Å². The van der Waals surface area contributed by atoms with Crippen LogP contribution >= 0.6 is 0 Å². The first-order chi connectivity index (χ1) is 9.60. The van der Waals surface area contributed by atoms with Gasteiger partial charge < -0.3 is 10.2 Å². The molecule has 0 radical (unpaired) electrons. The largest absolute Gasteiger partial charge is 0.311 e. The van der Waals surface area contributed by atoms with Crippen LogP contribution in [0.15, 0.2) is 24.3 Å². The molecule has 20 heavy (non-hydrogen) atoms. The molecule has 1 aliphatic rings. The number of hydrogen-bond acceptors (Lipinski definition) is 2. The Morgan fingerprint density at radius 3 is 2.30 bits per heavy atom. The predicted octanol–water partition coefficient (Wildman–Crippen LogP) is 3.74. The summed E-state index contributed by atoms with van der Waals surface area (Å²) in [5.74, 6) is -0.148. The van der Waals surface area contributed by atoms with E-state index in [0.717, 1.165) is 5.56 Å². The van der Waals surface area contributed by atoms with Gasteiger partial charge in [-0.05, 0) is 51.7 Å². The second-order valence-electron chi connectivity index (χ2n) is 6.19. The molecule has 0 amide bonds. The van der Waals surface area contributed by atoms with E-state index in [0.29, 0.717) is 0 Å². The van der Waals surface area contributed by atoms with Gasteiger partial charge in [0, 0.05) is 5.54 Å². The fourth-order valence-electron chi connectivity index (χ4n) is 3.77. The molecule has 112 valence electrons. The van der Waals surface area contributed by atoms with Gasteiger partial charge in [-0.3, -0.25) is 0 Å². The third-order valence-electron chi connectivity index (χ3n) is 4.87. The van der Waals surface area contributed by atoms with Gasteiger partial charge in [0.15, 0.2) is 0 Å². The Bertz CT molecular complexity index is 423. The van der Waals surface area contributed by atoms with Gasteiger partial charge in [-0.1, -0.05) is 37.8 Å². The number of likely N-dealkylation sites (N-methyl/N-ethyl adjacent to an activating group) is 2. The smallest absolute Gasteiger partial charge is 0.123 e. The first-order valence-corrected chi connectivity index (χ1v) is 7.70. The molecule has 0 aromatic heterocycles. The molecule has 1 N–H and O–H groups in total. The van der Waals surface area contributed by atoms with E-state index in [4.69, 9.17) is 0 Å². The van der Waals surface area contributed by atoms with Crippen molar-refractivity contribution in [3.63, 3.8) is 0 Å². The van der Waals surface area contributed by atoms with Crippen molar-refractivity contribution in [1.82, 2.24) is 10.2 Å². The first-order valence-electron chi connectivity index (χ1n) is 7.70. The molecule has 0 heterocycles. The average molecular weight is 278 g/mol. The van der Waals surface area contributed by atoms with E-state index in [-0.39, 0.29) is 17.4 Å². The second kappa shape index (κ2) is 6.68. The summed E-state index contributed by atoms with van der Waals surface area (Å²) in [6, 6.07) is 7.23. The van der Waals surface area contributed by atoms with Crippen molar-refractivity contribution >= 4 is 0 Å². The van der Waals surface area contributed by atoms with E-state index in [1.165, 1.54) is 44.6 Å². The molecular formula is C17H27FN2. The van der Waals surface area contributed by atoms with Crippen LogP contribution in [0.1, 0.15) is 50.1 Å². The summed E-state index contributed by atoms with van der Waals surface area (Å²) in [6.07, 6.45) is 7.48. The molecule has 0 saturated heterocycles. The lowest BCUT2D eigenvalue weighted by atomic mass is 9.78. The average Bonchev–Trinajstić information content (AvgIpc) is 2.67. The van der Waals surface area contributed by atoms with Gasteiger partial charge >= 0.3 is 0 Å². The number of benzene rings is 1. The van der Waals surface area contributed by atoms with Crippen molar-refractivity contribution < 1.29 is 4.39 Å². The van der Waals surface area contributed by atoms with Gasteiger partial charge in [0.1, 0.15) is 5.82 Å². The minimum atomic E-state index is -0.148. The van der Waals surface area contributed by atoms with Crippen molar-refractivity contribution in [2.45, 2.75) is 50.1 Å². The summed E-state index contributed by atoms with van der Waals surface area (Å²) in [7, 11) is 6.32. The van der Waals surface area contributed by atoms with Crippen LogP contribution in [0.2, 0.25) is 0 Å². The fourth-order valence-corrected chi connectivity index (χ4v) is 3.77. The number of nitrogens with zero attached hydrogens (tertiary/aromatic N) is 1. The Morgan fingerprint density at radius 2 is 1.80 bits per heavy atom. The Balaban J connectivity index is 2.38. The summed E-state index contributed by atoms with van der Waals surface area (Å²) >= 11 is 0. The highest BCUT2D eigenvalue weighted by molar-refractivity contribution is 5.24. The molecule has 0 bridgehead atoms. The fraction of sp³-hybridized carbons (Fsp3) is 0.647. The van der Waals surface area contributed by atoms with E-state index in [1.54, 1.807) is 6.07 Å². The van der Waals surface area contributed by atoms with Crippen LogP contribution in [0.25, 0.3) is 0 Å². The highest BCUT2D eigenvalue weighted by Crippen LogP contribution is 2.41. The van der Waals surface area contributed by atoms with E-state index >= 15 is 0 Å². The zero-order valence-corrected chi connectivity index (χ0v) is 13.0. The molecule has 1 unspecified atom stereocenters. The van der Waals surface area contributed by atoms with Crippen LogP contribution in [-0.4, -0.2) is 31.6 Å². The molecule has 0 spiro atoms. The van der Waals surface area contributed by atoms with Crippen LogP contribution in [0.4, 0.5) is 4.39 Å². The zero-order valence-electron chi connectivity index (χ0n) is 13.0. The standard InChI is InChI=1S/C17H27FN2/c1-19-16(14-9-8-10-15(18)13-14)17(20(2)3)11-6-4-5-7-12-17/h8-10,13,16,19H,4-7,11-12H2,1-3H3. The first kappa shape index (κ1) is 15.5. The van der Waals surface area contributed by atoms with Gasteiger partial charge in [-0.2, -0.15) is 0 Å². The maximum Gasteiger partial charge on any atom is 0.123 e. The molecule has 2 rings (SSSR count). The highest BCUT2D eigenvalue weighted by atomic mass is 19.1. The number of halogens is 1. The molecule has 1 aliphatic carbocycles. The summed E-state index contributed by atoms with van der Waals surface area (Å²) in [6.45, 7) is 0. The molecule has 1 aromatic rings. The number of rotatable bonds is 4. The maximum atomic E-state index is 13.6. The monoisotopic (exact) mass is 278 g/mol. The van der Waals surface area contributed by atoms with Crippen LogP contribution in [-0.2, 0) is 0 Å². The topological polar surface area (TPSA) is 15.3 Å². The number of nitrogens with one attached hydrogen (secondary N) is 1. The van der Waals surface area contributed by atoms with E-state index in [9.17, 15) is 4.39 Å². The van der Waals surface area contributed by atoms with Gasteiger partial charge in [-0.15, -0.1) is 0 Å². The summed E-state index contributed by atoms with van der Waals surface area (Å²) in [5, 5.41) is 3.46. The van der Waals surface area contributed by atoms with Gasteiger partial charge in [0.25, 0.3) is 0 Å². The minimum Gasteiger partial charge on any atom is -0.311 e. The Hall–Kier alpha value is -0.930. The summed E-state index contributed by atoms with van der Waals surface area (Å²) in [5.41, 5.74) is 1.14. The predicted molar refractivity (Wildman–Crippen MR) is 82.3 cm³/mol. The summed E-state index contributed by atoms with van der Waals surface area (Å²) < 4.78 is 13.6. The van der Waals surface area contributed by atoms with Crippen LogP contribution < -0.4 is 5.32 Å². The van der Waals surface area contributed by atoms with Crippen molar-refractivity contribution in [3.8, 4) is 0 Å². The van der Waals surface area contributed by atoms with Crippen molar-refractivity contribution in [1.29, 1.82) is 0 Å². The Kier molecular flexibility index (Phi) is 5.17. The lowest BCUT2D eigenvalue weighted by molar-refractivity contribution is 0.0833. The van der Waals surface area contributed by atoms with E-state index in [2.05, 4.69) is 24.3 Å². The lowest BCUT2D eigenvalue weighted by Crippen LogP contribution is -2.53. The molecule has 1 fully saturated rings. The van der Waals surface area contributed by atoms with Gasteiger partial charge in [0.05, 0.1) is 6.04 Å². The molecule has 0 aliphatic heterocycles. The SMILES string of the molecule is CNC(c1cccc(F)c1)C1(N(C)C)CCCCCC1. The highest BCUT2D eigenvalue weighted by Gasteiger charge is 2.41. The third kappa shape index (κ3) is 3.04. The lowest BCUT2D eigenvalue weighted by Gasteiger charge is -2.46. The van der Waals surface area contributed by atoms with Gasteiger partial charge in [-0.25, -0.2) is 4.39 Å². The number of hydrogen-bond donors (Lipinski definition) is 1. The van der Waals surface area contributed by atoms with E-state index < -0.39 is 0 Å². The minimum absolute atomic E-state index is 0.0824. The molecule has 2 nitrogen and oxygen atoms in total. The molecule has 1 atom stereocenters. The maximum absolute atomic E-state index is 13.6. The quantitative estimate of drug-likeness (QED) is 0.844. The van der Waals surface area contributed by atoms with Gasteiger partial charge in [0.2, 0.25) is 0 Å². The van der Waals surface area contributed by atoms with Crippen molar-refractivity contribution in [3.05, 3.63) is 35.6 Å². The van der Waals surface area contributed by atoms with Crippen LogP contribution in [0.3, 0.4) is 0 Å². The van der Waals surface area contributed by atoms with E-state index in [1.807, 2.05) is 19.2 Å².